The Hall–Kier alpha value is -1.69. The highest BCUT2D eigenvalue weighted by Gasteiger charge is 2.18. The molecule has 0 aromatic carbocycles. The molecule has 6 heteroatoms. The van der Waals surface area contributed by atoms with E-state index >= 15 is 0 Å². The summed E-state index contributed by atoms with van der Waals surface area (Å²) in [6.07, 6.45) is 1.64. The molecule has 0 fully saturated rings. The fourth-order valence-corrected chi connectivity index (χ4v) is 2.98. The maximum atomic E-state index is 12.2. The highest BCUT2D eigenvalue weighted by Crippen LogP contribution is 2.22. The lowest BCUT2D eigenvalue weighted by Crippen LogP contribution is -2.29. The average molecular weight is 278 g/mol. The Morgan fingerprint density at radius 3 is 2.84 bits per heavy atom. The number of nitrogens with zero attached hydrogens (tertiary/aromatic N) is 3. The summed E-state index contributed by atoms with van der Waals surface area (Å²) in [6.45, 7) is 8.59. The molecule has 2 aromatic rings. The van der Waals surface area contributed by atoms with E-state index in [1.54, 1.807) is 28.3 Å². The van der Waals surface area contributed by atoms with E-state index in [9.17, 15) is 4.79 Å². The van der Waals surface area contributed by atoms with Crippen LogP contribution < -0.4 is 5.32 Å². The molecule has 5 nitrogen and oxygen atoms in total. The van der Waals surface area contributed by atoms with E-state index < -0.39 is 0 Å². The lowest BCUT2D eigenvalue weighted by atomic mass is 10.2. The Morgan fingerprint density at radius 2 is 2.26 bits per heavy atom. The molecule has 0 radical (unpaired) electrons. The molecule has 102 valence electrons. The maximum absolute atomic E-state index is 12.2. The first-order valence-corrected chi connectivity index (χ1v) is 7.11. The number of amides is 1. The molecule has 0 saturated heterocycles. The van der Waals surface area contributed by atoms with E-state index in [0.29, 0.717) is 12.2 Å². The Labute approximate surface area is 116 Å². The molecule has 1 atom stereocenters. The number of nitrogens with one attached hydrogen (secondary N) is 1. The highest BCUT2D eigenvalue weighted by atomic mass is 32.1. The first kappa shape index (κ1) is 13.7. The molecule has 2 rings (SSSR count). The first-order chi connectivity index (χ1) is 9.02. The lowest BCUT2D eigenvalue weighted by Gasteiger charge is -2.13. The van der Waals surface area contributed by atoms with Crippen LogP contribution in [0.5, 0.6) is 0 Å². The lowest BCUT2D eigenvalue weighted by molar-refractivity contribution is 0.0928. The van der Waals surface area contributed by atoms with Crippen molar-refractivity contribution in [2.45, 2.75) is 40.3 Å². The summed E-state index contributed by atoms with van der Waals surface area (Å²) in [4.78, 5) is 17.8. The third-order valence-electron chi connectivity index (χ3n) is 2.95. The third kappa shape index (κ3) is 2.84. The van der Waals surface area contributed by atoms with Crippen LogP contribution >= 0.6 is 11.3 Å². The number of aryl methyl sites for hydroxylation is 3. The number of thiazole rings is 1. The number of aromatic nitrogens is 3. The Bertz CT molecular complexity index is 587. The normalized spacial score (nSPS) is 12.4. The monoisotopic (exact) mass is 278 g/mol. The van der Waals surface area contributed by atoms with Gasteiger partial charge in [0.1, 0.15) is 5.69 Å². The van der Waals surface area contributed by atoms with Crippen LogP contribution in [0.4, 0.5) is 0 Å². The van der Waals surface area contributed by atoms with Crippen LogP contribution in [-0.4, -0.2) is 20.7 Å². The zero-order valence-electron chi connectivity index (χ0n) is 11.6. The van der Waals surface area contributed by atoms with E-state index in [4.69, 9.17) is 0 Å². The summed E-state index contributed by atoms with van der Waals surface area (Å²) in [5.41, 5.74) is 1.53. The molecule has 0 aliphatic rings. The van der Waals surface area contributed by atoms with Crippen molar-refractivity contribution in [3.8, 4) is 0 Å². The molecule has 2 aromatic heterocycles. The summed E-state index contributed by atoms with van der Waals surface area (Å²) < 4.78 is 1.68. The van der Waals surface area contributed by atoms with Crippen molar-refractivity contribution < 1.29 is 4.79 Å². The molecular weight excluding hydrogens is 260 g/mol. The van der Waals surface area contributed by atoms with E-state index in [1.165, 1.54) is 0 Å². The topological polar surface area (TPSA) is 59.8 Å². The number of rotatable bonds is 4. The molecule has 1 amide bonds. The van der Waals surface area contributed by atoms with Crippen molar-refractivity contribution >= 4 is 17.2 Å². The smallest absolute Gasteiger partial charge is 0.270 e. The molecule has 2 heterocycles. The molecule has 0 aliphatic heterocycles. The fourth-order valence-electron chi connectivity index (χ4n) is 2.06. The van der Waals surface area contributed by atoms with Crippen LogP contribution in [0.2, 0.25) is 0 Å². The summed E-state index contributed by atoms with van der Waals surface area (Å²) in [7, 11) is 0. The maximum Gasteiger partial charge on any atom is 0.270 e. The molecule has 0 saturated carbocycles. The largest absolute Gasteiger partial charge is 0.343 e. The van der Waals surface area contributed by atoms with Crippen molar-refractivity contribution in [1.82, 2.24) is 20.1 Å². The molecule has 19 heavy (non-hydrogen) atoms. The summed E-state index contributed by atoms with van der Waals surface area (Å²) >= 11 is 1.65. The highest BCUT2D eigenvalue weighted by molar-refractivity contribution is 7.11. The van der Waals surface area contributed by atoms with E-state index in [0.717, 1.165) is 15.6 Å². The van der Waals surface area contributed by atoms with Crippen LogP contribution in [0.25, 0.3) is 0 Å². The Morgan fingerprint density at radius 1 is 1.53 bits per heavy atom. The Balaban J connectivity index is 2.13. The predicted molar refractivity (Wildman–Crippen MR) is 75.4 cm³/mol. The number of carbonyl (C=O) groups is 1. The quantitative estimate of drug-likeness (QED) is 0.934. The van der Waals surface area contributed by atoms with Gasteiger partial charge in [0.05, 0.1) is 16.7 Å². The Kier molecular flexibility index (Phi) is 3.99. The first-order valence-electron chi connectivity index (χ1n) is 6.29. The van der Waals surface area contributed by atoms with Crippen molar-refractivity contribution in [3.05, 3.63) is 33.5 Å². The van der Waals surface area contributed by atoms with Crippen molar-refractivity contribution in [3.63, 3.8) is 0 Å². The van der Waals surface area contributed by atoms with Gasteiger partial charge in [0.2, 0.25) is 0 Å². The average Bonchev–Trinajstić information content (AvgIpc) is 2.95. The van der Waals surface area contributed by atoms with E-state index in [-0.39, 0.29) is 11.9 Å². The molecular formula is C13H18N4OS. The number of hydrogen-bond donors (Lipinski definition) is 1. The second kappa shape index (κ2) is 5.52. The summed E-state index contributed by atoms with van der Waals surface area (Å²) in [5.74, 6) is -0.114. The van der Waals surface area contributed by atoms with Crippen molar-refractivity contribution in [2.24, 2.45) is 0 Å². The van der Waals surface area contributed by atoms with Crippen molar-refractivity contribution in [2.75, 3.05) is 0 Å². The van der Waals surface area contributed by atoms with E-state index in [2.05, 4.69) is 15.4 Å². The van der Waals surface area contributed by atoms with Crippen LogP contribution in [-0.2, 0) is 6.54 Å². The number of carbonyl (C=O) groups excluding carboxylic acids is 1. The van der Waals surface area contributed by atoms with Gasteiger partial charge in [-0.15, -0.1) is 11.3 Å². The fraction of sp³-hybridized carbons (Fsp3) is 0.462. The molecule has 0 aliphatic carbocycles. The molecule has 0 bridgehead atoms. The zero-order chi connectivity index (χ0) is 14.0. The van der Waals surface area contributed by atoms with Crippen LogP contribution in [0.15, 0.2) is 12.3 Å². The van der Waals surface area contributed by atoms with Gasteiger partial charge in [-0.25, -0.2) is 4.98 Å². The van der Waals surface area contributed by atoms with Gasteiger partial charge in [-0.05, 0) is 33.8 Å². The van der Waals surface area contributed by atoms with Gasteiger partial charge in [-0.2, -0.15) is 5.10 Å². The SMILES string of the molecule is CCn1nccc1C(=O)N[C@@H](C)c1nc(C)sc1C. The summed E-state index contributed by atoms with van der Waals surface area (Å²) in [6, 6.07) is 1.63. The third-order valence-corrected chi connectivity index (χ3v) is 3.85. The second-order valence-corrected chi connectivity index (χ2v) is 5.81. The van der Waals surface area contributed by atoms with Crippen LogP contribution in [0.3, 0.4) is 0 Å². The standard InChI is InChI=1S/C13H18N4OS/c1-5-17-11(6-7-14-17)13(18)15-8(2)12-9(3)19-10(4)16-12/h6-8H,5H2,1-4H3,(H,15,18)/t8-/m0/s1. The minimum atomic E-state index is -0.114. The molecule has 0 unspecified atom stereocenters. The molecule has 0 spiro atoms. The van der Waals surface area contributed by atoms with Crippen LogP contribution in [0, 0.1) is 13.8 Å². The van der Waals surface area contributed by atoms with Crippen LogP contribution in [0.1, 0.15) is 46.0 Å². The van der Waals surface area contributed by atoms with Crippen molar-refractivity contribution in [1.29, 1.82) is 0 Å². The minimum absolute atomic E-state index is 0.0994. The molecule has 1 N–H and O–H groups in total. The van der Waals surface area contributed by atoms with Gasteiger partial charge in [0.25, 0.3) is 5.91 Å². The van der Waals surface area contributed by atoms with Gasteiger partial charge in [-0.1, -0.05) is 0 Å². The second-order valence-electron chi connectivity index (χ2n) is 4.40. The van der Waals surface area contributed by atoms with Gasteiger partial charge >= 0.3 is 0 Å². The van der Waals surface area contributed by atoms with E-state index in [1.807, 2.05) is 27.7 Å². The minimum Gasteiger partial charge on any atom is -0.343 e. The number of hydrogen-bond acceptors (Lipinski definition) is 4. The van der Waals surface area contributed by atoms with Gasteiger partial charge in [0, 0.05) is 17.6 Å². The van der Waals surface area contributed by atoms with Gasteiger partial charge < -0.3 is 5.32 Å². The van der Waals surface area contributed by atoms with Gasteiger partial charge in [0.15, 0.2) is 0 Å². The summed E-state index contributed by atoms with van der Waals surface area (Å²) in [5, 5.41) is 8.09. The van der Waals surface area contributed by atoms with Gasteiger partial charge in [-0.3, -0.25) is 9.48 Å². The zero-order valence-corrected chi connectivity index (χ0v) is 12.4. The predicted octanol–water partition coefficient (Wildman–Crippen LogP) is 2.47.